The Hall–Kier alpha value is -3.60. The van der Waals surface area contributed by atoms with Gasteiger partial charge in [-0.3, -0.25) is 9.59 Å². The zero-order chi connectivity index (χ0) is 29.5. The summed E-state index contributed by atoms with van der Waals surface area (Å²) in [6, 6.07) is 11.1. The normalized spacial score (nSPS) is 12.4. The second kappa shape index (κ2) is 10.5. The molecule has 0 spiro atoms. The maximum atomic E-state index is 11.7. The van der Waals surface area contributed by atoms with Gasteiger partial charge in [-0.05, 0) is 67.3 Å². The van der Waals surface area contributed by atoms with Gasteiger partial charge in [-0.1, -0.05) is 86.6 Å². The number of rotatable bonds is 6. The Kier molecular flexibility index (Phi) is 8.08. The molecule has 208 valence electrons. The molecule has 5 nitrogen and oxygen atoms in total. The third-order valence-electron chi connectivity index (χ3n) is 7.32. The Morgan fingerprint density at radius 3 is 1.00 bits per heavy atom. The fraction of sp³-hybridized carbons (Fsp3) is 0.412. The van der Waals surface area contributed by atoms with E-state index in [4.69, 9.17) is 0 Å². The summed E-state index contributed by atoms with van der Waals surface area (Å²) >= 11 is 0. The number of hydrogen-bond acceptors (Lipinski definition) is 5. The van der Waals surface area contributed by atoms with Gasteiger partial charge in [-0.25, -0.2) is 0 Å². The topological polar surface area (TPSA) is 94.8 Å². The van der Waals surface area contributed by atoms with Gasteiger partial charge < -0.3 is 15.3 Å². The van der Waals surface area contributed by atoms with E-state index in [1.165, 1.54) is 0 Å². The number of phenolic OH excluding ortho intramolecular Hbond substituents is 3. The van der Waals surface area contributed by atoms with Gasteiger partial charge in [0.25, 0.3) is 0 Å². The molecule has 3 aromatic rings. The van der Waals surface area contributed by atoms with Crippen molar-refractivity contribution < 1.29 is 24.9 Å². The molecule has 0 unspecified atom stereocenters. The Labute approximate surface area is 232 Å². The number of aldehydes is 2. The quantitative estimate of drug-likeness (QED) is 0.287. The van der Waals surface area contributed by atoms with E-state index in [9.17, 15) is 24.9 Å². The fourth-order valence-corrected chi connectivity index (χ4v) is 4.63. The van der Waals surface area contributed by atoms with Crippen molar-refractivity contribution in [2.24, 2.45) is 0 Å². The van der Waals surface area contributed by atoms with Gasteiger partial charge in [0.15, 0.2) is 12.6 Å². The number of hydrogen-bond donors (Lipinski definition) is 3. The first-order chi connectivity index (χ1) is 17.9. The van der Waals surface area contributed by atoms with Crippen LogP contribution in [-0.4, -0.2) is 27.9 Å². The fourth-order valence-electron chi connectivity index (χ4n) is 4.63. The minimum atomic E-state index is -0.246. The van der Waals surface area contributed by atoms with Crippen LogP contribution in [-0.2, 0) is 29.1 Å². The average Bonchev–Trinajstić information content (AvgIpc) is 2.81. The number of carbonyl (C=O) groups is 2. The van der Waals surface area contributed by atoms with Crippen LogP contribution in [0, 0.1) is 0 Å². The lowest BCUT2D eigenvalue weighted by Crippen LogP contribution is -2.14. The predicted octanol–water partition coefficient (Wildman–Crippen LogP) is 7.50. The van der Waals surface area contributed by atoms with Crippen molar-refractivity contribution in [3.63, 3.8) is 0 Å². The van der Waals surface area contributed by atoms with Crippen molar-refractivity contribution in [1.82, 2.24) is 0 Å². The third kappa shape index (κ3) is 6.52. The first kappa shape index (κ1) is 29.9. The van der Waals surface area contributed by atoms with Gasteiger partial charge in [0.1, 0.15) is 17.2 Å². The number of phenols is 3. The maximum Gasteiger partial charge on any atom is 0.153 e. The zero-order valence-corrected chi connectivity index (χ0v) is 24.7. The minimum absolute atomic E-state index is 0.0597. The molecule has 0 atom stereocenters. The van der Waals surface area contributed by atoms with E-state index in [1.807, 2.05) is 65.8 Å². The van der Waals surface area contributed by atoms with E-state index in [0.717, 1.165) is 16.7 Å². The Morgan fingerprint density at radius 1 is 0.487 bits per heavy atom. The third-order valence-corrected chi connectivity index (χ3v) is 7.32. The molecule has 0 aliphatic heterocycles. The summed E-state index contributed by atoms with van der Waals surface area (Å²) in [6.07, 6.45) is 1.74. The lowest BCUT2D eigenvalue weighted by Gasteiger charge is -2.25. The lowest BCUT2D eigenvalue weighted by molar-refractivity contribution is 0.111. The second-order valence-electron chi connectivity index (χ2n) is 13.6. The smallest absolute Gasteiger partial charge is 0.153 e. The van der Waals surface area contributed by atoms with E-state index >= 15 is 0 Å². The van der Waals surface area contributed by atoms with Crippen molar-refractivity contribution >= 4 is 12.6 Å². The van der Waals surface area contributed by atoms with Gasteiger partial charge in [0.2, 0.25) is 0 Å². The molecule has 39 heavy (non-hydrogen) atoms. The summed E-state index contributed by atoms with van der Waals surface area (Å²) in [7, 11) is 0. The molecular weight excluding hydrogens is 488 g/mol. The average molecular weight is 531 g/mol. The van der Waals surface area contributed by atoms with Gasteiger partial charge in [-0.2, -0.15) is 0 Å². The molecule has 3 N–H and O–H groups in total. The summed E-state index contributed by atoms with van der Waals surface area (Å²) in [4.78, 5) is 23.5. The highest BCUT2D eigenvalue weighted by Gasteiger charge is 2.24. The van der Waals surface area contributed by atoms with Crippen LogP contribution in [0.15, 0.2) is 36.4 Å². The van der Waals surface area contributed by atoms with Crippen LogP contribution in [0.3, 0.4) is 0 Å². The number of benzene rings is 3. The highest BCUT2D eigenvalue weighted by Crippen LogP contribution is 2.39. The molecule has 3 rings (SSSR count). The molecule has 3 aromatic carbocycles. The molecule has 0 fully saturated rings. The predicted molar refractivity (Wildman–Crippen MR) is 157 cm³/mol. The van der Waals surface area contributed by atoms with Crippen LogP contribution in [0.1, 0.15) is 122 Å². The lowest BCUT2D eigenvalue weighted by atomic mass is 9.81. The molecule has 5 heteroatoms. The monoisotopic (exact) mass is 530 g/mol. The molecule has 0 bridgehead atoms. The summed E-state index contributed by atoms with van der Waals surface area (Å²) in [5.41, 5.74) is 4.83. The second-order valence-corrected chi connectivity index (χ2v) is 13.6. The first-order valence-electron chi connectivity index (χ1n) is 13.3. The van der Waals surface area contributed by atoms with E-state index < -0.39 is 0 Å². The van der Waals surface area contributed by atoms with Crippen LogP contribution in [0.25, 0.3) is 0 Å². The van der Waals surface area contributed by atoms with Crippen LogP contribution in [0.2, 0.25) is 0 Å². The highest BCUT2D eigenvalue weighted by molar-refractivity contribution is 5.81. The van der Waals surface area contributed by atoms with Crippen LogP contribution >= 0.6 is 0 Å². The van der Waals surface area contributed by atoms with Gasteiger partial charge in [0, 0.05) is 12.8 Å². The molecule has 0 heterocycles. The Bertz CT molecular complexity index is 1310. The maximum absolute atomic E-state index is 11.7. The first-order valence-corrected chi connectivity index (χ1v) is 13.3. The molecule has 0 saturated carbocycles. The van der Waals surface area contributed by atoms with Crippen LogP contribution < -0.4 is 0 Å². The van der Waals surface area contributed by atoms with E-state index in [0.29, 0.717) is 34.8 Å². The molecule has 0 amide bonds. The van der Waals surface area contributed by atoms with E-state index in [-0.39, 0.29) is 57.5 Å². The minimum Gasteiger partial charge on any atom is -0.507 e. The largest absolute Gasteiger partial charge is 0.507 e. The van der Waals surface area contributed by atoms with Gasteiger partial charge in [-0.15, -0.1) is 0 Å². The Balaban J connectivity index is 2.22. The molecule has 0 aliphatic carbocycles. The summed E-state index contributed by atoms with van der Waals surface area (Å²) in [6.45, 7) is 18.5. The number of aromatic hydroxyl groups is 3. The van der Waals surface area contributed by atoms with Crippen molar-refractivity contribution in [3.8, 4) is 17.2 Å². The molecule has 0 radical (unpaired) electrons. The van der Waals surface area contributed by atoms with Crippen molar-refractivity contribution in [3.05, 3.63) is 86.5 Å². The van der Waals surface area contributed by atoms with Crippen molar-refractivity contribution in [1.29, 1.82) is 0 Å². The van der Waals surface area contributed by atoms with Crippen LogP contribution in [0.4, 0.5) is 0 Å². The van der Waals surface area contributed by atoms with Crippen LogP contribution in [0.5, 0.6) is 17.2 Å². The number of carbonyl (C=O) groups excluding carboxylic acids is 2. The molecule has 0 aliphatic rings. The summed E-state index contributed by atoms with van der Waals surface area (Å²) in [5.74, 6) is -0.123. The molecular formula is C34H42O5. The standard InChI is InChI=1S/C34H42O5/c1-32(2,3)26-12-20(10-22-14-27(33(4,5)6)16-24(18-35)30(22)38)29(37)21(13-26)11-23-15-28(34(7,8)9)17-25(19-36)31(23)39/h12-19,37-39H,10-11H2,1-9H3. The van der Waals surface area contributed by atoms with Crippen molar-refractivity contribution in [2.75, 3.05) is 0 Å². The van der Waals surface area contributed by atoms with Gasteiger partial charge in [0.05, 0.1) is 11.1 Å². The SMILES string of the molecule is CC(C)(C)c1cc(C=O)c(O)c(Cc2cc(C(C)(C)C)cc(Cc3cc(C(C)(C)C)cc(C=O)c3O)c2O)c1. The van der Waals surface area contributed by atoms with Crippen molar-refractivity contribution in [2.45, 2.75) is 91.4 Å². The summed E-state index contributed by atoms with van der Waals surface area (Å²) in [5, 5.41) is 33.3. The van der Waals surface area contributed by atoms with E-state index in [1.54, 1.807) is 12.1 Å². The highest BCUT2D eigenvalue weighted by atomic mass is 16.3. The molecule has 0 saturated heterocycles. The Morgan fingerprint density at radius 2 is 0.744 bits per heavy atom. The summed E-state index contributed by atoms with van der Waals surface area (Å²) < 4.78 is 0. The zero-order valence-electron chi connectivity index (χ0n) is 24.7. The molecule has 0 aromatic heterocycles. The van der Waals surface area contributed by atoms with Gasteiger partial charge >= 0.3 is 0 Å². The van der Waals surface area contributed by atoms with E-state index in [2.05, 4.69) is 20.8 Å².